The first-order valence-corrected chi connectivity index (χ1v) is 6.37. The van der Waals surface area contributed by atoms with E-state index < -0.39 is 10.8 Å². The minimum Gasteiger partial charge on any atom is -0.341 e. The molecule has 1 atom stereocenters. The van der Waals surface area contributed by atoms with Gasteiger partial charge in [-0.05, 0) is 0 Å². The lowest BCUT2D eigenvalue weighted by atomic mass is 10.2. The number of hydrogen-bond acceptors (Lipinski definition) is 2. The second kappa shape index (κ2) is 4.96. The first kappa shape index (κ1) is 11.0. The van der Waals surface area contributed by atoms with Crippen molar-refractivity contribution in [1.29, 1.82) is 0 Å². The van der Waals surface area contributed by atoms with Gasteiger partial charge in [0.25, 0.3) is 0 Å². The Morgan fingerprint density at radius 2 is 2.08 bits per heavy atom. The lowest BCUT2D eigenvalue weighted by Gasteiger charge is -2.28. The van der Waals surface area contributed by atoms with Gasteiger partial charge in [-0.2, -0.15) is 0 Å². The molecule has 1 amide bonds. The van der Waals surface area contributed by atoms with Crippen molar-refractivity contribution in [1.82, 2.24) is 4.90 Å². The van der Waals surface area contributed by atoms with E-state index in [0.717, 1.165) is 0 Å². The first-order chi connectivity index (χ1) is 6.15. The minimum absolute atomic E-state index is 0.0895. The summed E-state index contributed by atoms with van der Waals surface area (Å²) in [4.78, 5) is 13.3. The smallest absolute Gasteiger partial charge is 0.226 e. The van der Waals surface area contributed by atoms with Gasteiger partial charge in [-0.3, -0.25) is 9.00 Å². The number of hydrogen-bond donors (Lipinski definition) is 0. The highest BCUT2D eigenvalue weighted by molar-refractivity contribution is 7.85. The Morgan fingerprint density at radius 1 is 1.54 bits per heavy atom. The van der Waals surface area contributed by atoms with Crippen LogP contribution in [0.25, 0.3) is 0 Å². The summed E-state index contributed by atoms with van der Waals surface area (Å²) in [5, 5.41) is 0. The summed E-state index contributed by atoms with van der Waals surface area (Å²) in [6, 6.07) is 0. The topological polar surface area (TPSA) is 37.4 Å². The molecule has 1 unspecified atom stereocenters. The van der Waals surface area contributed by atoms with Crippen LogP contribution in [0.2, 0.25) is 0 Å². The molecule has 0 N–H and O–H groups in total. The van der Waals surface area contributed by atoms with E-state index in [0.29, 0.717) is 30.5 Å². The number of alkyl halides is 1. The molecular weight excluding hydrogens is 210 g/mol. The third kappa shape index (κ3) is 2.95. The highest BCUT2D eigenvalue weighted by Crippen LogP contribution is 2.08. The summed E-state index contributed by atoms with van der Waals surface area (Å²) in [5.74, 6) is 1.56. The number of rotatable bonds is 2. The monoisotopic (exact) mass is 223 g/mol. The van der Waals surface area contributed by atoms with Crippen LogP contribution in [0.15, 0.2) is 0 Å². The van der Waals surface area contributed by atoms with Crippen molar-refractivity contribution in [3.8, 4) is 0 Å². The summed E-state index contributed by atoms with van der Waals surface area (Å²) >= 11 is 5.59. The number of nitrogens with zero attached hydrogens (tertiary/aromatic N) is 1. The molecule has 0 bridgehead atoms. The maximum Gasteiger partial charge on any atom is 0.226 e. The lowest BCUT2D eigenvalue weighted by Crippen LogP contribution is -2.44. The van der Waals surface area contributed by atoms with Crippen molar-refractivity contribution in [3.05, 3.63) is 0 Å². The molecule has 5 heteroatoms. The molecule has 0 radical (unpaired) electrons. The second-order valence-corrected chi connectivity index (χ2v) is 5.23. The molecular formula is C8H14ClNO2S. The van der Waals surface area contributed by atoms with Gasteiger partial charge in [0.15, 0.2) is 0 Å². The molecule has 3 nitrogen and oxygen atoms in total. The van der Waals surface area contributed by atoms with Crippen molar-refractivity contribution >= 4 is 28.3 Å². The van der Waals surface area contributed by atoms with Gasteiger partial charge >= 0.3 is 0 Å². The zero-order valence-electron chi connectivity index (χ0n) is 7.66. The van der Waals surface area contributed by atoms with Gasteiger partial charge in [-0.1, -0.05) is 6.92 Å². The number of carbonyl (C=O) groups is 1. The molecule has 1 heterocycles. The largest absolute Gasteiger partial charge is 0.341 e. The predicted octanol–water partition coefficient (Wildman–Crippen LogP) is 0.452. The Balaban J connectivity index is 2.44. The van der Waals surface area contributed by atoms with Crippen LogP contribution >= 0.6 is 11.6 Å². The quantitative estimate of drug-likeness (QED) is 0.638. The van der Waals surface area contributed by atoms with Crippen molar-refractivity contribution in [2.24, 2.45) is 5.92 Å². The first-order valence-electron chi connectivity index (χ1n) is 4.35. The van der Waals surface area contributed by atoms with E-state index in [1.54, 1.807) is 4.90 Å². The van der Waals surface area contributed by atoms with Crippen LogP contribution in [0, 0.1) is 5.92 Å². The maximum absolute atomic E-state index is 11.6. The predicted molar refractivity (Wildman–Crippen MR) is 54.3 cm³/mol. The standard InChI is InChI=1S/C8H14ClNO2S/c1-7(6-9)8(11)10-2-4-13(12)5-3-10/h7H,2-6H2,1H3. The Labute approximate surface area is 85.9 Å². The summed E-state index contributed by atoms with van der Waals surface area (Å²) in [6.45, 7) is 3.06. The van der Waals surface area contributed by atoms with Gasteiger partial charge in [0.2, 0.25) is 5.91 Å². The third-order valence-corrected chi connectivity index (χ3v) is 3.88. The fourth-order valence-electron chi connectivity index (χ4n) is 1.24. The van der Waals surface area contributed by atoms with Gasteiger partial charge in [-0.15, -0.1) is 11.6 Å². The number of carbonyl (C=O) groups excluding carboxylic acids is 1. The summed E-state index contributed by atoms with van der Waals surface area (Å²) in [5.41, 5.74) is 0. The van der Waals surface area contributed by atoms with Gasteiger partial charge in [-0.25, -0.2) is 0 Å². The Morgan fingerprint density at radius 3 is 2.54 bits per heavy atom. The normalized spacial score (nSPS) is 21.5. The molecule has 0 aliphatic carbocycles. The van der Waals surface area contributed by atoms with Crippen LogP contribution in [0.1, 0.15) is 6.92 Å². The van der Waals surface area contributed by atoms with Crippen molar-refractivity contribution < 1.29 is 9.00 Å². The van der Waals surface area contributed by atoms with E-state index in [1.165, 1.54) is 0 Å². The zero-order valence-corrected chi connectivity index (χ0v) is 9.24. The van der Waals surface area contributed by atoms with E-state index in [2.05, 4.69) is 0 Å². The van der Waals surface area contributed by atoms with E-state index in [9.17, 15) is 9.00 Å². The molecule has 1 aliphatic rings. The van der Waals surface area contributed by atoms with Crippen LogP contribution in [0.5, 0.6) is 0 Å². The summed E-state index contributed by atoms with van der Waals surface area (Å²) in [6.07, 6.45) is 0. The van der Waals surface area contributed by atoms with Crippen molar-refractivity contribution in [2.45, 2.75) is 6.92 Å². The molecule has 1 saturated heterocycles. The highest BCUT2D eigenvalue weighted by atomic mass is 35.5. The van der Waals surface area contributed by atoms with Crippen molar-refractivity contribution in [2.75, 3.05) is 30.5 Å². The molecule has 0 saturated carbocycles. The minimum atomic E-state index is -0.719. The molecule has 1 aliphatic heterocycles. The Bertz CT molecular complexity index is 212. The Kier molecular flexibility index (Phi) is 4.19. The molecule has 0 aromatic carbocycles. The van der Waals surface area contributed by atoms with Gasteiger partial charge in [0.05, 0.1) is 0 Å². The van der Waals surface area contributed by atoms with Gasteiger partial charge < -0.3 is 4.90 Å². The average molecular weight is 224 g/mol. The van der Waals surface area contributed by atoms with Crippen LogP contribution in [-0.4, -0.2) is 45.5 Å². The van der Waals surface area contributed by atoms with Gasteiger partial charge in [0, 0.05) is 47.2 Å². The van der Waals surface area contributed by atoms with Crippen LogP contribution in [0.3, 0.4) is 0 Å². The molecule has 1 rings (SSSR count). The van der Waals surface area contributed by atoms with Gasteiger partial charge in [0.1, 0.15) is 0 Å². The maximum atomic E-state index is 11.6. The van der Waals surface area contributed by atoms with E-state index in [4.69, 9.17) is 11.6 Å². The fourth-order valence-corrected chi connectivity index (χ4v) is 2.42. The summed E-state index contributed by atoms with van der Waals surface area (Å²) < 4.78 is 11.0. The molecule has 1 fully saturated rings. The van der Waals surface area contributed by atoms with Crippen molar-refractivity contribution in [3.63, 3.8) is 0 Å². The summed E-state index contributed by atoms with van der Waals surface area (Å²) in [7, 11) is -0.719. The SMILES string of the molecule is CC(CCl)C(=O)N1CCS(=O)CC1. The van der Waals surface area contributed by atoms with E-state index >= 15 is 0 Å². The molecule has 0 aromatic heterocycles. The van der Waals surface area contributed by atoms with E-state index in [-0.39, 0.29) is 11.8 Å². The average Bonchev–Trinajstić information content (AvgIpc) is 2.17. The number of amides is 1. The van der Waals surface area contributed by atoms with Crippen LogP contribution in [0.4, 0.5) is 0 Å². The lowest BCUT2D eigenvalue weighted by molar-refractivity contribution is -0.133. The van der Waals surface area contributed by atoms with E-state index in [1.807, 2.05) is 6.92 Å². The molecule has 13 heavy (non-hydrogen) atoms. The Hall–Kier alpha value is -0.0900. The molecule has 0 spiro atoms. The molecule has 0 aromatic rings. The van der Waals surface area contributed by atoms with Crippen LogP contribution < -0.4 is 0 Å². The number of halogens is 1. The zero-order chi connectivity index (χ0) is 9.84. The third-order valence-electron chi connectivity index (χ3n) is 2.14. The highest BCUT2D eigenvalue weighted by Gasteiger charge is 2.23. The van der Waals surface area contributed by atoms with Crippen LogP contribution in [-0.2, 0) is 15.6 Å². The second-order valence-electron chi connectivity index (χ2n) is 3.23. The fraction of sp³-hybridized carbons (Fsp3) is 0.875. The molecule has 76 valence electrons.